The summed E-state index contributed by atoms with van der Waals surface area (Å²) >= 11 is 0. The van der Waals surface area contributed by atoms with E-state index in [0.29, 0.717) is 16.9 Å². The molecule has 144 valence electrons. The molecule has 0 aromatic heterocycles. The summed E-state index contributed by atoms with van der Waals surface area (Å²) in [7, 11) is 0. The van der Waals surface area contributed by atoms with Crippen molar-refractivity contribution in [2.24, 2.45) is 34.5 Å². The molecule has 7 atom stereocenters. The maximum Gasteiger partial charge on any atom is 0.0631 e. The van der Waals surface area contributed by atoms with Crippen molar-refractivity contribution in [1.29, 1.82) is 0 Å². The van der Waals surface area contributed by atoms with Gasteiger partial charge < -0.3 is 9.47 Å². The van der Waals surface area contributed by atoms with E-state index < -0.39 is 0 Å². The first-order valence-electron chi connectivity index (χ1n) is 11.3. The third-order valence-electron chi connectivity index (χ3n) is 9.19. The molecule has 2 nitrogen and oxygen atoms in total. The first-order valence-corrected chi connectivity index (χ1v) is 11.3. The predicted molar refractivity (Wildman–Crippen MR) is 103 cm³/mol. The Morgan fingerprint density at radius 3 is 2.56 bits per heavy atom. The monoisotopic (exact) mass is 348 g/mol. The van der Waals surface area contributed by atoms with E-state index >= 15 is 0 Å². The van der Waals surface area contributed by atoms with Crippen LogP contribution in [0.5, 0.6) is 0 Å². The van der Waals surface area contributed by atoms with Crippen molar-refractivity contribution in [1.82, 2.24) is 0 Å². The smallest absolute Gasteiger partial charge is 0.0631 e. The van der Waals surface area contributed by atoms with Gasteiger partial charge in [0.1, 0.15) is 0 Å². The van der Waals surface area contributed by atoms with E-state index in [4.69, 9.17) is 9.47 Å². The van der Waals surface area contributed by atoms with Gasteiger partial charge >= 0.3 is 0 Å². The minimum absolute atomic E-state index is 0.458. The average Bonchev–Trinajstić information content (AvgIpc) is 2.80. The number of fused-ring (bicyclic) bond motifs is 5. The highest BCUT2D eigenvalue weighted by Crippen LogP contribution is 2.65. The third kappa shape index (κ3) is 3.00. The van der Waals surface area contributed by atoms with E-state index in [9.17, 15) is 0 Å². The zero-order valence-corrected chi connectivity index (χ0v) is 16.9. The maximum atomic E-state index is 6.43. The highest BCUT2D eigenvalue weighted by molar-refractivity contribution is 5.08. The molecule has 0 radical (unpaired) electrons. The molecule has 0 unspecified atom stereocenters. The molecule has 0 bridgehead atoms. The quantitative estimate of drug-likeness (QED) is 0.594. The normalized spacial score (nSPS) is 49.8. The molecule has 4 fully saturated rings. The largest absolute Gasteiger partial charge is 0.381 e. The van der Waals surface area contributed by atoms with Gasteiger partial charge in [-0.1, -0.05) is 27.2 Å². The van der Waals surface area contributed by atoms with Gasteiger partial charge in [0.2, 0.25) is 0 Å². The molecule has 0 N–H and O–H groups in total. The Morgan fingerprint density at radius 1 is 0.880 bits per heavy atom. The molecule has 1 heterocycles. The molecule has 1 saturated heterocycles. The standard InChI is InChI=1S/C23H40O2/c1-4-5-14-25-21-9-8-19-18-7-6-17-11-15-24-16-13-22(17,2)20(18)10-12-23(19,21)3/h17-21H,4-16H2,1-3H3/t17-,18-,19-,20-,21-,22-,23-/m0/s1. The molecule has 3 aliphatic carbocycles. The van der Waals surface area contributed by atoms with Gasteiger partial charge in [-0.3, -0.25) is 0 Å². The molecule has 0 spiro atoms. The van der Waals surface area contributed by atoms with Crippen LogP contribution in [0, 0.1) is 34.5 Å². The summed E-state index contributed by atoms with van der Waals surface area (Å²) in [6.07, 6.45) is 14.1. The van der Waals surface area contributed by atoms with Crippen LogP contribution in [0.1, 0.15) is 85.0 Å². The summed E-state index contributed by atoms with van der Waals surface area (Å²) < 4.78 is 12.3. The zero-order valence-electron chi connectivity index (χ0n) is 16.9. The van der Waals surface area contributed by atoms with Gasteiger partial charge in [0.25, 0.3) is 0 Å². The Labute approximate surface area is 155 Å². The lowest BCUT2D eigenvalue weighted by Crippen LogP contribution is -2.52. The second-order valence-electron chi connectivity index (χ2n) is 10.1. The molecule has 4 aliphatic rings. The van der Waals surface area contributed by atoms with Gasteiger partial charge in [0.15, 0.2) is 0 Å². The van der Waals surface area contributed by atoms with Crippen LogP contribution in [-0.4, -0.2) is 25.9 Å². The van der Waals surface area contributed by atoms with Crippen LogP contribution < -0.4 is 0 Å². The lowest BCUT2D eigenvalue weighted by atomic mass is 9.47. The molecule has 4 rings (SSSR count). The first-order chi connectivity index (χ1) is 12.1. The van der Waals surface area contributed by atoms with Crippen molar-refractivity contribution >= 4 is 0 Å². The highest BCUT2D eigenvalue weighted by atomic mass is 16.5. The Hall–Kier alpha value is -0.0800. The molecule has 0 amide bonds. The Bertz CT molecular complexity index is 463. The van der Waals surface area contributed by atoms with E-state index in [2.05, 4.69) is 20.8 Å². The summed E-state index contributed by atoms with van der Waals surface area (Å²) in [5.41, 5.74) is 1.00. The van der Waals surface area contributed by atoms with Gasteiger partial charge in [-0.25, -0.2) is 0 Å². The molecular formula is C23H40O2. The molecule has 0 aromatic rings. The van der Waals surface area contributed by atoms with Gasteiger partial charge in [-0.15, -0.1) is 0 Å². The summed E-state index contributed by atoms with van der Waals surface area (Å²) in [4.78, 5) is 0. The summed E-state index contributed by atoms with van der Waals surface area (Å²) in [6, 6.07) is 0. The van der Waals surface area contributed by atoms with E-state index in [1.807, 2.05) is 0 Å². The number of unbranched alkanes of at least 4 members (excludes halogenated alkanes) is 1. The maximum absolute atomic E-state index is 6.43. The molecular weight excluding hydrogens is 308 g/mol. The van der Waals surface area contributed by atoms with Gasteiger partial charge in [0, 0.05) is 19.8 Å². The van der Waals surface area contributed by atoms with Crippen molar-refractivity contribution in [2.45, 2.75) is 91.1 Å². The zero-order chi connectivity index (χ0) is 17.5. The molecule has 3 saturated carbocycles. The predicted octanol–water partition coefficient (Wildman–Crippen LogP) is 5.84. The van der Waals surface area contributed by atoms with Gasteiger partial charge in [0.05, 0.1) is 6.10 Å². The fourth-order valence-electron chi connectivity index (χ4n) is 7.61. The molecule has 0 aromatic carbocycles. The first kappa shape index (κ1) is 18.3. The molecule has 2 heteroatoms. The topological polar surface area (TPSA) is 18.5 Å². The molecule has 25 heavy (non-hydrogen) atoms. The van der Waals surface area contributed by atoms with E-state index in [1.165, 1.54) is 64.2 Å². The molecule has 1 aliphatic heterocycles. The van der Waals surface area contributed by atoms with Crippen LogP contribution in [0.2, 0.25) is 0 Å². The van der Waals surface area contributed by atoms with Crippen LogP contribution in [0.25, 0.3) is 0 Å². The van der Waals surface area contributed by atoms with Crippen LogP contribution in [0.3, 0.4) is 0 Å². The second kappa shape index (κ2) is 7.15. The number of hydrogen-bond acceptors (Lipinski definition) is 2. The lowest BCUT2D eigenvalue weighted by Gasteiger charge is -2.58. The van der Waals surface area contributed by atoms with Crippen molar-refractivity contribution in [3.05, 3.63) is 0 Å². The number of ether oxygens (including phenoxy) is 2. The van der Waals surface area contributed by atoms with Crippen LogP contribution in [-0.2, 0) is 9.47 Å². The summed E-state index contributed by atoms with van der Waals surface area (Å²) in [6.45, 7) is 10.5. The van der Waals surface area contributed by atoms with E-state index in [0.717, 1.165) is 43.5 Å². The second-order valence-corrected chi connectivity index (χ2v) is 10.1. The van der Waals surface area contributed by atoms with E-state index in [1.54, 1.807) is 0 Å². The van der Waals surface area contributed by atoms with Crippen molar-refractivity contribution in [3.63, 3.8) is 0 Å². The summed E-state index contributed by atoms with van der Waals surface area (Å²) in [5, 5.41) is 0. The Kier molecular flexibility index (Phi) is 5.23. The third-order valence-corrected chi connectivity index (χ3v) is 9.19. The Morgan fingerprint density at radius 2 is 1.72 bits per heavy atom. The van der Waals surface area contributed by atoms with Crippen molar-refractivity contribution in [3.8, 4) is 0 Å². The van der Waals surface area contributed by atoms with Crippen LogP contribution >= 0.6 is 0 Å². The van der Waals surface area contributed by atoms with Crippen LogP contribution in [0.4, 0.5) is 0 Å². The lowest BCUT2D eigenvalue weighted by molar-refractivity contribution is -0.122. The van der Waals surface area contributed by atoms with Gasteiger partial charge in [-0.05, 0) is 92.3 Å². The fourth-order valence-corrected chi connectivity index (χ4v) is 7.61. The van der Waals surface area contributed by atoms with E-state index in [-0.39, 0.29) is 0 Å². The highest BCUT2D eigenvalue weighted by Gasteiger charge is 2.59. The van der Waals surface area contributed by atoms with Gasteiger partial charge in [-0.2, -0.15) is 0 Å². The van der Waals surface area contributed by atoms with Crippen molar-refractivity contribution < 1.29 is 9.47 Å². The number of hydrogen-bond donors (Lipinski definition) is 0. The van der Waals surface area contributed by atoms with Crippen LogP contribution in [0.15, 0.2) is 0 Å². The Balaban J connectivity index is 1.51. The minimum Gasteiger partial charge on any atom is -0.381 e. The minimum atomic E-state index is 0.458. The summed E-state index contributed by atoms with van der Waals surface area (Å²) in [5.74, 6) is 3.73. The average molecular weight is 349 g/mol. The van der Waals surface area contributed by atoms with Crippen molar-refractivity contribution in [2.75, 3.05) is 19.8 Å². The SMILES string of the molecule is CCCCO[C@H]1CC[C@H]2[C@@H]3CC[C@H]4CCOCC[C@]4(C)[C@H]3CC[C@]12C. The number of rotatable bonds is 4. The fraction of sp³-hybridized carbons (Fsp3) is 1.00.